The molecule has 1 atom stereocenters. The molecule has 0 bridgehead atoms. The monoisotopic (exact) mass is 175 g/mol. The number of carboxylic acid groups (broad SMARTS) is 1. The molecule has 0 aliphatic carbocycles. The Balaban J connectivity index is 3.56. The highest BCUT2D eigenvalue weighted by Crippen LogP contribution is 2.07. The van der Waals surface area contributed by atoms with Crippen molar-refractivity contribution in [3.8, 4) is 0 Å². The van der Waals surface area contributed by atoms with E-state index in [9.17, 15) is 4.79 Å². The first-order valence-corrected chi connectivity index (χ1v) is 4.23. The van der Waals surface area contributed by atoms with Crippen molar-refractivity contribution in [2.24, 2.45) is 11.7 Å². The van der Waals surface area contributed by atoms with Gasteiger partial charge in [0.05, 0.1) is 5.92 Å². The van der Waals surface area contributed by atoms with E-state index in [0.717, 1.165) is 0 Å². The Morgan fingerprint density at radius 2 is 2.25 bits per heavy atom. The van der Waals surface area contributed by atoms with E-state index < -0.39 is 5.97 Å². The van der Waals surface area contributed by atoms with Crippen LogP contribution in [0.4, 0.5) is 0 Å². The smallest absolute Gasteiger partial charge is 0.306 e. The summed E-state index contributed by atoms with van der Waals surface area (Å²) < 4.78 is 5.06. The van der Waals surface area contributed by atoms with Gasteiger partial charge in [0, 0.05) is 13.2 Å². The molecule has 0 aromatic rings. The van der Waals surface area contributed by atoms with E-state index >= 15 is 0 Å². The lowest BCUT2D eigenvalue weighted by molar-refractivity contribution is -0.142. The first-order valence-electron chi connectivity index (χ1n) is 4.23. The number of nitrogens with two attached hydrogens (primary N) is 1. The summed E-state index contributed by atoms with van der Waals surface area (Å²) in [6, 6.07) is 0. The van der Waals surface area contributed by atoms with Gasteiger partial charge in [0.2, 0.25) is 0 Å². The summed E-state index contributed by atoms with van der Waals surface area (Å²) in [5.74, 6) is -1.12. The fourth-order valence-corrected chi connectivity index (χ4v) is 0.962. The van der Waals surface area contributed by atoms with Crippen LogP contribution in [0.5, 0.6) is 0 Å². The van der Waals surface area contributed by atoms with Gasteiger partial charge in [-0.05, 0) is 26.3 Å². The van der Waals surface area contributed by atoms with Crippen molar-refractivity contribution in [1.82, 2.24) is 0 Å². The summed E-state index contributed by atoms with van der Waals surface area (Å²) in [6.07, 6.45) is 1.09. The average Bonchev–Trinajstić information content (AvgIpc) is 2.03. The van der Waals surface area contributed by atoms with Gasteiger partial charge in [-0.1, -0.05) is 0 Å². The van der Waals surface area contributed by atoms with Gasteiger partial charge in [0.1, 0.15) is 0 Å². The summed E-state index contributed by atoms with van der Waals surface area (Å²) in [4.78, 5) is 10.6. The third kappa shape index (κ3) is 5.09. The minimum atomic E-state index is -0.778. The molecule has 0 aliphatic rings. The SMILES string of the molecule is CCOCCC(CCN)C(=O)O. The number of rotatable bonds is 7. The van der Waals surface area contributed by atoms with E-state index in [2.05, 4.69) is 0 Å². The van der Waals surface area contributed by atoms with Crippen LogP contribution in [0.15, 0.2) is 0 Å². The van der Waals surface area contributed by atoms with Gasteiger partial charge in [0.25, 0.3) is 0 Å². The second-order valence-electron chi connectivity index (χ2n) is 2.60. The third-order valence-electron chi connectivity index (χ3n) is 1.68. The molecule has 12 heavy (non-hydrogen) atoms. The molecule has 0 radical (unpaired) electrons. The Bertz CT molecular complexity index is 127. The lowest BCUT2D eigenvalue weighted by atomic mass is 10.0. The van der Waals surface area contributed by atoms with E-state index in [1.54, 1.807) is 0 Å². The van der Waals surface area contributed by atoms with Crippen LogP contribution < -0.4 is 5.73 Å². The molecule has 0 amide bonds. The van der Waals surface area contributed by atoms with Crippen LogP contribution in [0.1, 0.15) is 19.8 Å². The van der Waals surface area contributed by atoms with Crippen LogP contribution in [-0.4, -0.2) is 30.8 Å². The maximum atomic E-state index is 10.6. The highest BCUT2D eigenvalue weighted by atomic mass is 16.5. The highest BCUT2D eigenvalue weighted by molar-refractivity contribution is 5.69. The average molecular weight is 175 g/mol. The quantitative estimate of drug-likeness (QED) is 0.551. The molecular formula is C8H17NO3. The standard InChI is InChI=1S/C8H17NO3/c1-2-12-6-4-7(3-5-9)8(10)11/h7H,2-6,9H2,1H3,(H,10,11). The first kappa shape index (κ1) is 11.4. The maximum absolute atomic E-state index is 10.6. The Kier molecular flexibility index (Phi) is 6.70. The van der Waals surface area contributed by atoms with Gasteiger partial charge < -0.3 is 15.6 Å². The van der Waals surface area contributed by atoms with E-state index in [4.69, 9.17) is 15.6 Å². The Hall–Kier alpha value is -0.610. The first-order chi connectivity index (χ1) is 5.72. The third-order valence-corrected chi connectivity index (χ3v) is 1.68. The topological polar surface area (TPSA) is 72.5 Å². The van der Waals surface area contributed by atoms with Gasteiger partial charge >= 0.3 is 5.97 Å². The fraction of sp³-hybridized carbons (Fsp3) is 0.875. The molecule has 0 aliphatic heterocycles. The van der Waals surface area contributed by atoms with Crippen molar-refractivity contribution in [1.29, 1.82) is 0 Å². The van der Waals surface area contributed by atoms with Crippen LogP contribution in [0.25, 0.3) is 0 Å². The molecule has 0 saturated heterocycles. The van der Waals surface area contributed by atoms with E-state index in [0.29, 0.717) is 32.6 Å². The van der Waals surface area contributed by atoms with Gasteiger partial charge in [-0.2, -0.15) is 0 Å². The normalized spacial score (nSPS) is 12.8. The molecule has 1 unspecified atom stereocenters. The zero-order valence-corrected chi connectivity index (χ0v) is 7.45. The van der Waals surface area contributed by atoms with Crippen LogP contribution in [0.3, 0.4) is 0 Å². The highest BCUT2D eigenvalue weighted by Gasteiger charge is 2.15. The molecule has 0 fully saturated rings. The Labute approximate surface area is 72.7 Å². The summed E-state index contributed by atoms with van der Waals surface area (Å²) in [6.45, 7) is 3.45. The number of carbonyl (C=O) groups is 1. The predicted octanol–water partition coefficient (Wildman–Crippen LogP) is 0.463. The second-order valence-corrected chi connectivity index (χ2v) is 2.60. The fourth-order valence-electron chi connectivity index (χ4n) is 0.962. The molecule has 4 heteroatoms. The van der Waals surface area contributed by atoms with Crippen LogP contribution >= 0.6 is 0 Å². The van der Waals surface area contributed by atoms with E-state index in [1.165, 1.54) is 0 Å². The van der Waals surface area contributed by atoms with Gasteiger partial charge in [-0.15, -0.1) is 0 Å². The summed E-state index contributed by atoms with van der Waals surface area (Å²) in [7, 11) is 0. The van der Waals surface area contributed by atoms with Crippen LogP contribution in [-0.2, 0) is 9.53 Å². The summed E-state index contributed by atoms with van der Waals surface area (Å²) in [5, 5.41) is 8.69. The molecular weight excluding hydrogens is 158 g/mol. The Morgan fingerprint density at radius 3 is 2.67 bits per heavy atom. The summed E-state index contributed by atoms with van der Waals surface area (Å²) >= 11 is 0. The van der Waals surface area contributed by atoms with Gasteiger partial charge in [0.15, 0.2) is 0 Å². The molecule has 0 rings (SSSR count). The zero-order chi connectivity index (χ0) is 9.40. The van der Waals surface area contributed by atoms with E-state index in [1.807, 2.05) is 6.92 Å². The van der Waals surface area contributed by atoms with Crippen LogP contribution in [0, 0.1) is 5.92 Å². The van der Waals surface area contributed by atoms with E-state index in [-0.39, 0.29) is 5.92 Å². The van der Waals surface area contributed by atoms with Gasteiger partial charge in [-0.25, -0.2) is 0 Å². The lowest BCUT2D eigenvalue weighted by Gasteiger charge is -2.09. The predicted molar refractivity (Wildman–Crippen MR) is 45.9 cm³/mol. The molecule has 0 spiro atoms. The molecule has 0 aromatic carbocycles. The van der Waals surface area contributed by atoms with Gasteiger partial charge in [-0.3, -0.25) is 4.79 Å². The van der Waals surface area contributed by atoms with Crippen LogP contribution in [0.2, 0.25) is 0 Å². The van der Waals surface area contributed by atoms with Crippen molar-refractivity contribution >= 4 is 5.97 Å². The number of aliphatic carboxylic acids is 1. The van der Waals surface area contributed by atoms with Crippen molar-refractivity contribution in [3.63, 3.8) is 0 Å². The maximum Gasteiger partial charge on any atom is 0.306 e. The summed E-state index contributed by atoms with van der Waals surface area (Å²) in [5.41, 5.74) is 5.27. The molecule has 0 saturated carbocycles. The number of ether oxygens (including phenoxy) is 1. The molecule has 72 valence electrons. The number of carboxylic acids is 1. The largest absolute Gasteiger partial charge is 0.481 e. The number of hydrogen-bond acceptors (Lipinski definition) is 3. The molecule has 4 nitrogen and oxygen atoms in total. The minimum Gasteiger partial charge on any atom is -0.481 e. The van der Waals surface area contributed by atoms with Crippen molar-refractivity contribution in [3.05, 3.63) is 0 Å². The lowest BCUT2D eigenvalue weighted by Crippen LogP contribution is -2.19. The second kappa shape index (κ2) is 7.06. The Morgan fingerprint density at radius 1 is 1.58 bits per heavy atom. The minimum absolute atomic E-state index is 0.346. The van der Waals surface area contributed by atoms with Crippen molar-refractivity contribution < 1.29 is 14.6 Å². The molecule has 3 N–H and O–H groups in total. The molecule has 0 aromatic heterocycles. The van der Waals surface area contributed by atoms with Crippen molar-refractivity contribution in [2.75, 3.05) is 19.8 Å². The number of hydrogen-bond donors (Lipinski definition) is 2. The van der Waals surface area contributed by atoms with Crippen molar-refractivity contribution in [2.45, 2.75) is 19.8 Å². The molecule has 0 heterocycles. The zero-order valence-electron chi connectivity index (χ0n) is 7.45.